The average Bonchev–Trinajstić information content (AvgIpc) is 2.35. The molecule has 0 aliphatic heterocycles. The van der Waals surface area contributed by atoms with Gasteiger partial charge in [0.1, 0.15) is 0 Å². The Hall–Kier alpha value is -1.52. The van der Waals surface area contributed by atoms with Gasteiger partial charge in [-0.3, -0.25) is 11.3 Å². The Morgan fingerprint density at radius 3 is 2.47 bits per heavy atom. The number of hydrogen-bond donors (Lipinski definition) is 2. The van der Waals surface area contributed by atoms with Crippen LogP contribution in [0.2, 0.25) is 0 Å². The van der Waals surface area contributed by atoms with Gasteiger partial charge >= 0.3 is 0 Å². The highest BCUT2D eigenvalue weighted by Gasteiger charge is 2.10. The van der Waals surface area contributed by atoms with Crippen LogP contribution in [0.15, 0.2) is 30.4 Å². The molecule has 4 nitrogen and oxygen atoms in total. The number of hydrogen-bond acceptors (Lipinski definition) is 4. The van der Waals surface area contributed by atoms with Crippen LogP contribution in [0, 0.1) is 0 Å². The fraction of sp³-hybridized carbons (Fsp3) is 0.385. The lowest BCUT2D eigenvalue weighted by molar-refractivity contribution is 0.354. The minimum Gasteiger partial charge on any atom is -0.493 e. The Morgan fingerprint density at radius 1 is 1.35 bits per heavy atom. The molecule has 0 amide bonds. The molecule has 0 fully saturated rings. The number of hydrazine groups is 1. The molecule has 0 saturated carbocycles. The van der Waals surface area contributed by atoms with Gasteiger partial charge in [0, 0.05) is 6.04 Å². The number of rotatable bonds is 6. The second-order valence-corrected chi connectivity index (χ2v) is 3.96. The van der Waals surface area contributed by atoms with E-state index in [1.165, 1.54) is 0 Å². The van der Waals surface area contributed by atoms with Crippen molar-refractivity contribution in [2.45, 2.75) is 19.4 Å². The van der Waals surface area contributed by atoms with Crippen LogP contribution >= 0.6 is 0 Å². The fourth-order valence-electron chi connectivity index (χ4n) is 1.62. The quantitative estimate of drug-likeness (QED) is 0.448. The van der Waals surface area contributed by atoms with Crippen molar-refractivity contribution in [1.82, 2.24) is 5.43 Å². The topological polar surface area (TPSA) is 56.5 Å². The Bertz CT molecular complexity index is 391. The van der Waals surface area contributed by atoms with Gasteiger partial charge in [-0.15, -0.1) is 0 Å². The average molecular weight is 236 g/mol. The highest BCUT2D eigenvalue weighted by Crippen LogP contribution is 2.28. The first kappa shape index (κ1) is 13.5. The predicted octanol–water partition coefficient (Wildman–Crippen LogP) is 1.65. The van der Waals surface area contributed by atoms with Crippen LogP contribution in [-0.2, 0) is 6.42 Å². The van der Waals surface area contributed by atoms with Gasteiger partial charge in [0.05, 0.1) is 14.2 Å². The number of benzene rings is 1. The molecule has 1 aromatic carbocycles. The molecule has 0 heterocycles. The van der Waals surface area contributed by atoms with Crippen molar-refractivity contribution < 1.29 is 9.47 Å². The van der Waals surface area contributed by atoms with E-state index in [-0.39, 0.29) is 6.04 Å². The van der Waals surface area contributed by atoms with E-state index in [2.05, 4.69) is 12.0 Å². The molecular weight excluding hydrogens is 216 g/mol. The third-order valence-corrected chi connectivity index (χ3v) is 2.68. The Labute approximate surface area is 102 Å². The van der Waals surface area contributed by atoms with E-state index in [0.717, 1.165) is 29.1 Å². The molecule has 0 aliphatic carbocycles. The summed E-state index contributed by atoms with van der Waals surface area (Å²) >= 11 is 0. The molecule has 0 aromatic heterocycles. The van der Waals surface area contributed by atoms with Crippen LogP contribution in [0.5, 0.6) is 11.5 Å². The predicted molar refractivity (Wildman–Crippen MR) is 69.2 cm³/mol. The SMILES string of the molecule is C=C(C)C(Cc1ccc(OC)c(OC)c1)NN. The third kappa shape index (κ3) is 3.47. The molecule has 1 unspecified atom stereocenters. The maximum absolute atomic E-state index is 5.48. The van der Waals surface area contributed by atoms with Gasteiger partial charge in [-0.2, -0.15) is 0 Å². The highest BCUT2D eigenvalue weighted by atomic mass is 16.5. The summed E-state index contributed by atoms with van der Waals surface area (Å²) in [5.41, 5.74) is 4.87. The maximum atomic E-state index is 5.48. The zero-order valence-electron chi connectivity index (χ0n) is 10.6. The molecule has 94 valence electrons. The van der Waals surface area contributed by atoms with Crippen LogP contribution in [-0.4, -0.2) is 20.3 Å². The van der Waals surface area contributed by atoms with E-state index in [4.69, 9.17) is 15.3 Å². The lowest BCUT2D eigenvalue weighted by Gasteiger charge is -2.17. The van der Waals surface area contributed by atoms with Crippen LogP contribution in [0.1, 0.15) is 12.5 Å². The molecular formula is C13H20N2O2. The van der Waals surface area contributed by atoms with E-state index in [1.807, 2.05) is 25.1 Å². The van der Waals surface area contributed by atoms with Crippen molar-refractivity contribution in [3.05, 3.63) is 35.9 Å². The van der Waals surface area contributed by atoms with E-state index in [1.54, 1.807) is 14.2 Å². The van der Waals surface area contributed by atoms with E-state index in [9.17, 15) is 0 Å². The number of nitrogens with one attached hydrogen (secondary N) is 1. The van der Waals surface area contributed by atoms with E-state index >= 15 is 0 Å². The van der Waals surface area contributed by atoms with Crippen LogP contribution in [0.25, 0.3) is 0 Å². The summed E-state index contributed by atoms with van der Waals surface area (Å²) in [4.78, 5) is 0. The molecule has 17 heavy (non-hydrogen) atoms. The fourth-order valence-corrected chi connectivity index (χ4v) is 1.62. The summed E-state index contributed by atoms with van der Waals surface area (Å²) in [6.07, 6.45) is 0.770. The first-order valence-electron chi connectivity index (χ1n) is 5.44. The van der Waals surface area contributed by atoms with Gasteiger partial charge in [0.2, 0.25) is 0 Å². The minimum atomic E-state index is 0.0631. The van der Waals surface area contributed by atoms with Crippen molar-refractivity contribution >= 4 is 0 Å². The number of methoxy groups -OCH3 is 2. The minimum absolute atomic E-state index is 0.0631. The van der Waals surface area contributed by atoms with E-state index < -0.39 is 0 Å². The van der Waals surface area contributed by atoms with E-state index in [0.29, 0.717) is 0 Å². The summed E-state index contributed by atoms with van der Waals surface area (Å²) in [5, 5.41) is 0. The molecule has 0 bridgehead atoms. The van der Waals surface area contributed by atoms with Crippen molar-refractivity contribution in [2.75, 3.05) is 14.2 Å². The van der Waals surface area contributed by atoms with Crippen molar-refractivity contribution in [3.63, 3.8) is 0 Å². The second-order valence-electron chi connectivity index (χ2n) is 3.96. The molecule has 0 radical (unpaired) electrons. The number of ether oxygens (including phenoxy) is 2. The van der Waals surface area contributed by atoms with Gasteiger partial charge in [-0.1, -0.05) is 18.2 Å². The molecule has 0 saturated heterocycles. The van der Waals surface area contributed by atoms with Crippen molar-refractivity contribution in [2.24, 2.45) is 5.84 Å². The summed E-state index contributed by atoms with van der Waals surface area (Å²) in [5.74, 6) is 6.93. The normalized spacial score (nSPS) is 12.0. The zero-order valence-corrected chi connectivity index (χ0v) is 10.6. The smallest absolute Gasteiger partial charge is 0.160 e. The first-order valence-corrected chi connectivity index (χ1v) is 5.44. The first-order chi connectivity index (χ1) is 8.12. The van der Waals surface area contributed by atoms with Gasteiger partial charge in [-0.25, -0.2) is 0 Å². The van der Waals surface area contributed by atoms with Gasteiger partial charge < -0.3 is 9.47 Å². The molecule has 3 N–H and O–H groups in total. The summed E-state index contributed by atoms with van der Waals surface area (Å²) in [6.45, 7) is 5.85. The zero-order chi connectivity index (χ0) is 12.8. The van der Waals surface area contributed by atoms with Crippen LogP contribution in [0.4, 0.5) is 0 Å². The lowest BCUT2D eigenvalue weighted by atomic mass is 10.0. The van der Waals surface area contributed by atoms with Gasteiger partial charge in [0.25, 0.3) is 0 Å². The second kappa shape index (κ2) is 6.27. The highest BCUT2D eigenvalue weighted by molar-refractivity contribution is 5.43. The molecule has 4 heteroatoms. The maximum Gasteiger partial charge on any atom is 0.160 e. The van der Waals surface area contributed by atoms with Crippen molar-refractivity contribution in [1.29, 1.82) is 0 Å². The largest absolute Gasteiger partial charge is 0.493 e. The lowest BCUT2D eigenvalue weighted by Crippen LogP contribution is -2.37. The molecule has 1 atom stereocenters. The Balaban J connectivity index is 2.88. The standard InChI is InChI=1S/C13H20N2O2/c1-9(2)11(15-14)7-10-5-6-12(16-3)13(8-10)17-4/h5-6,8,11,15H,1,7,14H2,2-4H3. The van der Waals surface area contributed by atoms with Gasteiger partial charge in [0.15, 0.2) is 11.5 Å². The summed E-state index contributed by atoms with van der Waals surface area (Å²) < 4.78 is 10.4. The summed E-state index contributed by atoms with van der Waals surface area (Å²) in [7, 11) is 3.24. The molecule has 1 aromatic rings. The molecule has 1 rings (SSSR count). The van der Waals surface area contributed by atoms with Gasteiger partial charge in [-0.05, 0) is 31.0 Å². The molecule has 0 aliphatic rings. The monoisotopic (exact) mass is 236 g/mol. The van der Waals surface area contributed by atoms with Crippen molar-refractivity contribution in [3.8, 4) is 11.5 Å². The Kier molecular flexibility index (Phi) is 5.00. The molecule has 0 spiro atoms. The Morgan fingerprint density at radius 2 is 2.00 bits per heavy atom. The third-order valence-electron chi connectivity index (χ3n) is 2.68. The van der Waals surface area contributed by atoms with Crippen LogP contribution < -0.4 is 20.7 Å². The number of nitrogens with two attached hydrogens (primary N) is 1. The summed E-state index contributed by atoms with van der Waals surface area (Å²) in [6, 6.07) is 5.90. The van der Waals surface area contributed by atoms with Crippen LogP contribution in [0.3, 0.4) is 0 Å².